The number of benzene rings is 2. The van der Waals surface area contributed by atoms with E-state index in [1.807, 2.05) is 37.2 Å². The molecule has 0 saturated carbocycles. The standard InChI is InChI=1S/C16H20N4O2/c1-19(2)15-8-6-13(7-9-15)17-10-11-18-14-4-3-5-16(12-14)20(21)22/h3-9,12,17-18H,10-11H2,1-2H3. The summed E-state index contributed by atoms with van der Waals surface area (Å²) in [5.74, 6) is 0. The van der Waals surface area contributed by atoms with Crippen LogP contribution < -0.4 is 15.5 Å². The van der Waals surface area contributed by atoms with E-state index in [2.05, 4.69) is 22.8 Å². The smallest absolute Gasteiger partial charge is 0.271 e. The SMILES string of the molecule is CN(C)c1ccc(NCCNc2cccc([N+](=O)[O-])c2)cc1. The summed E-state index contributed by atoms with van der Waals surface area (Å²) in [5, 5.41) is 17.2. The van der Waals surface area contributed by atoms with Crippen LogP contribution in [0.5, 0.6) is 0 Å². The Balaban J connectivity index is 1.79. The van der Waals surface area contributed by atoms with Crippen molar-refractivity contribution >= 4 is 22.7 Å². The molecule has 0 saturated heterocycles. The van der Waals surface area contributed by atoms with Crippen molar-refractivity contribution in [3.8, 4) is 0 Å². The van der Waals surface area contributed by atoms with Gasteiger partial charge in [0.05, 0.1) is 4.92 Å². The number of hydrogen-bond donors (Lipinski definition) is 2. The highest BCUT2D eigenvalue weighted by Crippen LogP contribution is 2.17. The summed E-state index contributed by atoms with van der Waals surface area (Å²) in [4.78, 5) is 12.4. The number of anilines is 3. The van der Waals surface area contributed by atoms with Gasteiger partial charge < -0.3 is 15.5 Å². The minimum Gasteiger partial charge on any atom is -0.383 e. The van der Waals surface area contributed by atoms with Gasteiger partial charge in [-0.05, 0) is 30.3 Å². The molecule has 0 aliphatic rings. The van der Waals surface area contributed by atoms with Crippen LogP contribution in [0.1, 0.15) is 0 Å². The molecule has 6 nitrogen and oxygen atoms in total. The number of hydrogen-bond acceptors (Lipinski definition) is 5. The first-order valence-electron chi connectivity index (χ1n) is 7.06. The molecule has 22 heavy (non-hydrogen) atoms. The molecule has 0 heterocycles. The molecule has 0 fully saturated rings. The van der Waals surface area contributed by atoms with Gasteiger partial charge in [-0.15, -0.1) is 0 Å². The molecule has 6 heteroatoms. The van der Waals surface area contributed by atoms with Crippen LogP contribution in [0.3, 0.4) is 0 Å². The summed E-state index contributed by atoms with van der Waals surface area (Å²) in [6.07, 6.45) is 0. The molecule has 0 amide bonds. The lowest BCUT2D eigenvalue weighted by Gasteiger charge is -2.13. The third-order valence-electron chi connectivity index (χ3n) is 3.22. The van der Waals surface area contributed by atoms with Gasteiger partial charge in [0, 0.05) is 56.4 Å². The van der Waals surface area contributed by atoms with Crippen LogP contribution in [0.2, 0.25) is 0 Å². The van der Waals surface area contributed by atoms with Crippen LogP contribution in [0.25, 0.3) is 0 Å². The topological polar surface area (TPSA) is 70.4 Å². The van der Waals surface area contributed by atoms with E-state index in [1.165, 1.54) is 12.1 Å². The Morgan fingerprint density at radius 3 is 2.23 bits per heavy atom. The van der Waals surface area contributed by atoms with Crippen LogP contribution in [-0.2, 0) is 0 Å². The molecule has 0 aliphatic carbocycles. The molecule has 2 aromatic rings. The van der Waals surface area contributed by atoms with E-state index in [4.69, 9.17) is 0 Å². The summed E-state index contributed by atoms with van der Waals surface area (Å²) < 4.78 is 0. The van der Waals surface area contributed by atoms with Crippen molar-refractivity contribution in [1.82, 2.24) is 0 Å². The molecule has 0 radical (unpaired) electrons. The van der Waals surface area contributed by atoms with E-state index in [1.54, 1.807) is 6.07 Å². The fourth-order valence-corrected chi connectivity index (χ4v) is 2.02. The van der Waals surface area contributed by atoms with Crippen molar-refractivity contribution in [2.45, 2.75) is 0 Å². The van der Waals surface area contributed by atoms with E-state index in [0.717, 1.165) is 23.6 Å². The maximum absolute atomic E-state index is 10.7. The molecule has 0 unspecified atom stereocenters. The van der Waals surface area contributed by atoms with Crippen molar-refractivity contribution in [1.29, 1.82) is 0 Å². The highest BCUT2D eigenvalue weighted by Gasteiger charge is 2.04. The Bertz CT molecular complexity index is 626. The lowest BCUT2D eigenvalue weighted by molar-refractivity contribution is -0.384. The molecule has 0 spiro atoms. The lowest BCUT2D eigenvalue weighted by Crippen LogP contribution is -2.14. The molecule has 0 aliphatic heterocycles. The third-order valence-corrected chi connectivity index (χ3v) is 3.22. The second-order valence-electron chi connectivity index (χ2n) is 5.10. The molecule has 2 N–H and O–H groups in total. The van der Waals surface area contributed by atoms with Gasteiger partial charge in [0.2, 0.25) is 0 Å². The average Bonchev–Trinajstić information content (AvgIpc) is 2.52. The second kappa shape index (κ2) is 7.31. The largest absolute Gasteiger partial charge is 0.383 e. The number of non-ortho nitro benzene ring substituents is 1. The minimum absolute atomic E-state index is 0.0947. The monoisotopic (exact) mass is 300 g/mol. The summed E-state index contributed by atoms with van der Waals surface area (Å²) >= 11 is 0. The van der Waals surface area contributed by atoms with E-state index in [-0.39, 0.29) is 5.69 Å². The highest BCUT2D eigenvalue weighted by molar-refractivity contribution is 5.55. The summed E-state index contributed by atoms with van der Waals surface area (Å²) in [6, 6.07) is 14.7. The van der Waals surface area contributed by atoms with Gasteiger partial charge in [0.1, 0.15) is 0 Å². The Morgan fingerprint density at radius 2 is 1.64 bits per heavy atom. The average molecular weight is 300 g/mol. The van der Waals surface area contributed by atoms with E-state index < -0.39 is 4.92 Å². The number of nitro benzene ring substituents is 1. The molecular weight excluding hydrogens is 280 g/mol. The van der Waals surface area contributed by atoms with Crippen LogP contribution in [-0.4, -0.2) is 32.1 Å². The minimum atomic E-state index is -0.393. The molecule has 0 atom stereocenters. The molecule has 2 rings (SSSR count). The van der Waals surface area contributed by atoms with Crippen LogP contribution in [0, 0.1) is 10.1 Å². The number of nitro groups is 1. The van der Waals surface area contributed by atoms with Gasteiger partial charge in [-0.1, -0.05) is 6.07 Å². The van der Waals surface area contributed by atoms with Crippen molar-refractivity contribution < 1.29 is 4.92 Å². The second-order valence-corrected chi connectivity index (χ2v) is 5.10. The Morgan fingerprint density at radius 1 is 1.00 bits per heavy atom. The van der Waals surface area contributed by atoms with E-state index in [9.17, 15) is 10.1 Å². The normalized spacial score (nSPS) is 10.1. The fourth-order valence-electron chi connectivity index (χ4n) is 2.02. The predicted molar refractivity (Wildman–Crippen MR) is 90.8 cm³/mol. The predicted octanol–water partition coefficient (Wildman–Crippen LogP) is 3.18. The maximum Gasteiger partial charge on any atom is 0.271 e. The zero-order valence-corrected chi connectivity index (χ0v) is 12.7. The van der Waals surface area contributed by atoms with E-state index in [0.29, 0.717) is 6.54 Å². The zero-order chi connectivity index (χ0) is 15.9. The summed E-state index contributed by atoms with van der Waals surface area (Å²) in [7, 11) is 4.01. The first-order valence-corrected chi connectivity index (χ1v) is 7.06. The summed E-state index contributed by atoms with van der Waals surface area (Å²) in [6.45, 7) is 1.40. The Hall–Kier alpha value is -2.76. The number of nitrogens with zero attached hydrogens (tertiary/aromatic N) is 2. The first kappa shape index (κ1) is 15.6. The highest BCUT2D eigenvalue weighted by atomic mass is 16.6. The maximum atomic E-state index is 10.7. The Kier molecular flexibility index (Phi) is 5.19. The van der Waals surface area contributed by atoms with Gasteiger partial charge in [0.25, 0.3) is 5.69 Å². The van der Waals surface area contributed by atoms with Gasteiger partial charge in [-0.3, -0.25) is 10.1 Å². The number of nitrogens with one attached hydrogen (secondary N) is 2. The van der Waals surface area contributed by atoms with Gasteiger partial charge in [0.15, 0.2) is 0 Å². The Labute approximate surface area is 129 Å². The molecule has 116 valence electrons. The van der Waals surface area contributed by atoms with Crippen molar-refractivity contribution in [2.24, 2.45) is 0 Å². The molecule has 0 aromatic heterocycles. The molecular formula is C16H20N4O2. The zero-order valence-electron chi connectivity index (χ0n) is 12.7. The summed E-state index contributed by atoms with van der Waals surface area (Å²) in [5.41, 5.74) is 3.04. The number of rotatable bonds is 7. The van der Waals surface area contributed by atoms with Gasteiger partial charge >= 0.3 is 0 Å². The lowest BCUT2D eigenvalue weighted by atomic mass is 10.2. The van der Waals surface area contributed by atoms with Crippen molar-refractivity contribution in [3.05, 3.63) is 58.6 Å². The van der Waals surface area contributed by atoms with Crippen LogP contribution in [0.15, 0.2) is 48.5 Å². The molecule has 2 aromatic carbocycles. The third kappa shape index (κ3) is 4.37. The van der Waals surface area contributed by atoms with Crippen LogP contribution in [0.4, 0.5) is 22.7 Å². The van der Waals surface area contributed by atoms with Crippen LogP contribution >= 0.6 is 0 Å². The quantitative estimate of drug-likeness (QED) is 0.467. The van der Waals surface area contributed by atoms with Gasteiger partial charge in [-0.2, -0.15) is 0 Å². The van der Waals surface area contributed by atoms with Gasteiger partial charge in [-0.25, -0.2) is 0 Å². The molecule has 0 bridgehead atoms. The fraction of sp³-hybridized carbons (Fsp3) is 0.250. The van der Waals surface area contributed by atoms with Crippen molar-refractivity contribution in [2.75, 3.05) is 42.7 Å². The van der Waals surface area contributed by atoms with Crippen molar-refractivity contribution in [3.63, 3.8) is 0 Å². The first-order chi connectivity index (χ1) is 10.6. The van der Waals surface area contributed by atoms with E-state index >= 15 is 0 Å².